The number of ether oxygens (including phenoxy) is 1. The summed E-state index contributed by atoms with van der Waals surface area (Å²) in [6, 6.07) is 15.6. The lowest BCUT2D eigenvalue weighted by atomic mass is 10.0. The third kappa shape index (κ3) is 5.58. The van der Waals surface area contributed by atoms with Gasteiger partial charge in [-0.15, -0.1) is 5.11 Å². The van der Waals surface area contributed by atoms with Gasteiger partial charge in [0, 0.05) is 27.1 Å². The minimum Gasteiger partial charge on any atom is -0.505 e. The van der Waals surface area contributed by atoms with Gasteiger partial charge < -0.3 is 15.2 Å². The second-order valence-electron chi connectivity index (χ2n) is 8.07. The van der Waals surface area contributed by atoms with Crippen molar-refractivity contribution in [2.45, 2.75) is 18.2 Å². The number of aromatic hydroxyl groups is 1. The van der Waals surface area contributed by atoms with E-state index in [0.29, 0.717) is 27.2 Å². The first-order valence-electron chi connectivity index (χ1n) is 11.1. The summed E-state index contributed by atoms with van der Waals surface area (Å²) < 4.78 is 38.7. The molecule has 38 heavy (non-hydrogen) atoms. The fraction of sp³-hybridized carbons (Fsp3) is 0.115. The van der Waals surface area contributed by atoms with Gasteiger partial charge in [0.1, 0.15) is 16.3 Å². The maximum Gasteiger partial charge on any atom is 0.294 e. The van der Waals surface area contributed by atoms with E-state index in [0.717, 1.165) is 6.07 Å². The number of halogens is 2. The monoisotopic (exact) mass is 573 g/mol. The van der Waals surface area contributed by atoms with Crippen molar-refractivity contribution < 1.29 is 27.6 Å². The molecule has 0 radical (unpaired) electrons. The van der Waals surface area contributed by atoms with Crippen molar-refractivity contribution >= 4 is 67.1 Å². The predicted octanol–water partition coefficient (Wildman–Crippen LogP) is 7.34. The van der Waals surface area contributed by atoms with Crippen LogP contribution in [0.1, 0.15) is 22.8 Å². The molecule has 0 atom stereocenters. The minimum absolute atomic E-state index is 0.0166. The maximum absolute atomic E-state index is 13.2. The van der Waals surface area contributed by atoms with Crippen LogP contribution < -0.4 is 10.1 Å². The average molecular weight is 574 g/mol. The number of methoxy groups -OCH3 is 1. The normalized spacial score (nSPS) is 11.7. The molecule has 4 aromatic carbocycles. The molecule has 4 aromatic rings. The summed E-state index contributed by atoms with van der Waals surface area (Å²) in [6.07, 6.45) is 0.193. The zero-order valence-electron chi connectivity index (χ0n) is 20.1. The van der Waals surface area contributed by atoms with Gasteiger partial charge in [-0.05, 0) is 42.1 Å². The Hall–Kier alpha value is -3.70. The Morgan fingerprint density at radius 1 is 1.03 bits per heavy atom. The van der Waals surface area contributed by atoms with Gasteiger partial charge in [-0.25, -0.2) is 0 Å². The Bertz CT molecular complexity index is 1710. The van der Waals surface area contributed by atoms with Crippen LogP contribution in [0.25, 0.3) is 10.8 Å². The molecule has 196 valence electrons. The largest absolute Gasteiger partial charge is 0.505 e. The number of phenolic OH excluding ortho intramolecular Hbond substituents is 1. The highest BCUT2D eigenvalue weighted by Gasteiger charge is 2.21. The lowest BCUT2D eigenvalue weighted by Crippen LogP contribution is -2.13. The summed E-state index contributed by atoms with van der Waals surface area (Å²) in [5.41, 5.74) is 0.494. The molecule has 12 heteroatoms. The predicted molar refractivity (Wildman–Crippen MR) is 146 cm³/mol. The van der Waals surface area contributed by atoms with Crippen LogP contribution >= 0.6 is 23.2 Å². The number of nitrogens with one attached hydrogen (secondary N) is 1. The van der Waals surface area contributed by atoms with Crippen LogP contribution in [-0.2, 0) is 16.5 Å². The van der Waals surface area contributed by atoms with E-state index < -0.39 is 21.8 Å². The second kappa shape index (κ2) is 11.0. The van der Waals surface area contributed by atoms with E-state index in [1.807, 2.05) is 0 Å². The summed E-state index contributed by atoms with van der Waals surface area (Å²) in [5, 5.41) is 23.7. The number of nitrogens with zero attached hydrogens (tertiary/aromatic N) is 2. The van der Waals surface area contributed by atoms with Crippen LogP contribution in [0.4, 0.5) is 17.1 Å². The van der Waals surface area contributed by atoms with Gasteiger partial charge in [-0.3, -0.25) is 9.35 Å². The summed E-state index contributed by atoms with van der Waals surface area (Å²) in [5.74, 6) is -0.766. The zero-order chi connectivity index (χ0) is 27.6. The molecule has 0 saturated heterocycles. The van der Waals surface area contributed by atoms with Crippen molar-refractivity contribution in [1.29, 1.82) is 0 Å². The first-order chi connectivity index (χ1) is 18.0. The molecule has 0 aliphatic heterocycles. The lowest BCUT2D eigenvalue weighted by molar-refractivity contribution is 0.102. The molecular formula is C26H21Cl2N3O6S. The fourth-order valence-electron chi connectivity index (χ4n) is 3.93. The third-order valence-corrected chi connectivity index (χ3v) is 7.06. The van der Waals surface area contributed by atoms with Gasteiger partial charge in [0.05, 0.1) is 24.0 Å². The Morgan fingerprint density at radius 3 is 2.45 bits per heavy atom. The van der Waals surface area contributed by atoms with E-state index in [4.69, 9.17) is 27.9 Å². The van der Waals surface area contributed by atoms with Gasteiger partial charge in [-0.2, -0.15) is 13.5 Å². The molecule has 0 spiro atoms. The van der Waals surface area contributed by atoms with E-state index >= 15 is 0 Å². The van der Waals surface area contributed by atoms with Crippen LogP contribution in [-0.4, -0.2) is 31.1 Å². The number of amides is 1. The summed E-state index contributed by atoms with van der Waals surface area (Å²) in [4.78, 5) is 12.8. The van der Waals surface area contributed by atoms with Crippen LogP contribution in [0.15, 0.2) is 75.8 Å². The minimum atomic E-state index is -4.58. The number of carbonyl (C=O) groups excluding carboxylic acids is 1. The van der Waals surface area contributed by atoms with Gasteiger partial charge in [0.2, 0.25) is 0 Å². The average Bonchev–Trinajstić information content (AvgIpc) is 2.87. The van der Waals surface area contributed by atoms with Crippen molar-refractivity contribution in [2.24, 2.45) is 10.2 Å². The molecule has 0 heterocycles. The molecule has 1 amide bonds. The molecule has 0 saturated carbocycles. The summed E-state index contributed by atoms with van der Waals surface area (Å²) in [6.45, 7) is 1.68. The van der Waals surface area contributed by atoms with E-state index in [2.05, 4.69) is 15.5 Å². The van der Waals surface area contributed by atoms with E-state index in [9.17, 15) is 22.9 Å². The molecule has 0 aliphatic rings. The molecule has 0 aliphatic carbocycles. The van der Waals surface area contributed by atoms with Crippen molar-refractivity contribution in [3.63, 3.8) is 0 Å². The smallest absolute Gasteiger partial charge is 0.294 e. The fourth-order valence-corrected chi connectivity index (χ4v) is 5.20. The first kappa shape index (κ1) is 27.3. The first-order valence-corrected chi connectivity index (χ1v) is 13.3. The third-order valence-electron chi connectivity index (χ3n) is 5.69. The van der Waals surface area contributed by atoms with Crippen molar-refractivity contribution in [3.8, 4) is 11.5 Å². The molecule has 0 bridgehead atoms. The number of fused-ring (bicyclic) bond motifs is 1. The molecular weight excluding hydrogens is 553 g/mol. The Kier molecular flexibility index (Phi) is 7.89. The van der Waals surface area contributed by atoms with Gasteiger partial charge >= 0.3 is 0 Å². The van der Waals surface area contributed by atoms with Gasteiger partial charge in [0.25, 0.3) is 16.0 Å². The number of phenols is 1. The molecule has 0 fully saturated rings. The van der Waals surface area contributed by atoms with E-state index in [1.54, 1.807) is 43.3 Å². The van der Waals surface area contributed by atoms with Crippen LogP contribution in [0.2, 0.25) is 10.0 Å². The number of benzene rings is 4. The second-order valence-corrected chi connectivity index (χ2v) is 10.3. The molecule has 0 aromatic heterocycles. The molecule has 4 rings (SSSR count). The van der Waals surface area contributed by atoms with Gasteiger partial charge in [0.15, 0.2) is 5.75 Å². The zero-order valence-corrected chi connectivity index (χ0v) is 22.4. The number of carbonyl (C=O) groups is 1. The molecule has 3 N–H and O–H groups in total. The number of azo groups is 1. The SMILES string of the molecule is CCc1c(N=Nc2c(O)c(C(=O)Nc3ccc(Cl)cc3OC)cc3ccccc23)cc(Cl)cc1S(=O)(=O)O. The highest BCUT2D eigenvalue weighted by molar-refractivity contribution is 7.85. The number of hydrogen-bond acceptors (Lipinski definition) is 7. The Morgan fingerprint density at radius 2 is 1.76 bits per heavy atom. The van der Waals surface area contributed by atoms with Crippen molar-refractivity contribution in [2.75, 3.05) is 12.4 Å². The van der Waals surface area contributed by atoms with Gasteiger partial charge in [-0.1, -0.05) is 54.4 Å². The number of anilines is 1. The highest BCUT2D eigenvalue weighted by atomic mass is 35.5. The van der Waals surface area contributed by atoms with Crippen molar-refractivity contribution in [3.05, 3.63) is 81.8 Å². The quantitative estimate of drug-likeness (QED) is 0.156. The van der Waals surface area contributed by atoms with Crippen molar-refractivity contribution in [1.82, 2.24) is 0 Å². The van der Waals surface area contributed by atoms with E-state index in [-0.39, 0.29) is 38.8 Å². The van der Waals surface area contributed by atoms with Crippen LogP contribution in [0, 0.1) is 0 Å². The highest BCUT2D eigenvalue weighted by Crippen LogP contribution is 2.41. The summed E-state index contributed by atoms with van der Waals surface area (Å²) >= 11 is 12.1. The van der Waals surface area contributed by atoms with Crippen LogP contribution in [0.5, 0.6) is 11.5 Å². The Balaban J connectivity index is 1.84. The number of rotatable bonds is 7. The standard InChI is InChI=1S/C26H21Cl2N3O6S/c1-3-17-21(11-16(28)13-23(17)38(34,35)36)30-31-24-18-7-5-4-6-14(18)10-19(25(24)32)26(33)29-20-9-8-15(27)12-22(20)37-2/h4-13,32H,3H2,1-2H3,(H,29,33)(H,34,35,36). The van der Waals surface area contributed by atoms with E-state index in [1.165, 1.54) is 25.3 Å². The van der Waals surface area contributed by atoms with Crippen LogP contribution in [0.3, 0.4) is 0 Å². The maximum atomic E-state index is 13.2. The summed E-state index contributed by atoms with van der Waals surface area (Å²) in [7, 11) is -3.15. The number of hydrogen-bond donors (Lipinski definition) is 3. The molecule has 9 nitrogen and oxygen atoms in total. The lowest BCUT2D eigenvalue weighted by Gasteiger charge is -2.13. The molecule has 0 unspecified atom stereocenters. The Labute approximate surface area is 228 Å². The topological polar surface area (TPSA) is 138 Å².